The molecule has 4 heterocycles. The Morgan fingerprint density at radius 2 is 2.22 bits per heavy atom. The minimum absolute atomic E-state index is 0.0646. The van der Waals surface area contributed by atoms with Crippen molar-refractivity contribution in [2.75, 3.05) is 39.4 Å². The minimum atomic E-state index is -0.0646. The monoisotopic (exact) mass is 315 g/mol. The van der Waals surface area contributed by atoms with Gasteiger partial charge in [0, 0.05) is 38.6 Å². The quantitative estimate of drug-likeness (QED) is 0.791. The van der Waals surface area contributed by atoms with Crippen molar-refractivity contribution >= 4 is 5.91 Å². The van der Waals surface area contributed by atoms with Crippen LogP contribution in [-0.4, -0.2) is 60.1 Å². The first kappa shape index (κ1) is 15.1. The van der Waals surface area contributed by atoms with Crippen LogP contribution in [0.2, 0.25) is 0 Å². The minimum Gasteiger partial charge on any atom is -0.381 e. The number of piperidine rings is 1. The molecule has 5 nitrogen and oxygen atoms in total. The van der Waals surface area contributed by atoms with Gasteiger partial charge in [-0.05, 0) is 49.9 Å². The molecule has 0 saturated carbocycles. The summed E-state index contributed by atoms with van der Waals surface area (Å²) in [5, 5.41) is 0. The summed E-state index contributed by atoms with van der Waals surface area (Å²) in [5.74, 6) is 1.05. The zero-order valence-electron chi connectivity index (χ0n) is 13.6. The summed E-state index contributed by atoms with van der Waals surface area (Å²) in [6, 6.07) is 3.97. The highest BCUT2D eigenvalue weighted by Gasteiger charge is 2.52. The van der Waals surface area contributed by atoms with E-state index in [0.29, 0.717) is 18.4 Å². The molecule has 1 aromatic heterocycles. The smallest absolute Gasteiger partial charge is 0.231 e. The second kappa shape index (κ2) is 6.21. The van der Waals surface area contributed by atoms with E-state index in [-0.39, 0.29) is 5.41 Å². The maximum absolute atomic E-state index is 12.7. The van der Waals surface area contributed by atoms with Gasteiger partial charge in [-0.3, -0.25) is 9.78 Å². The Hall–Kier alpha value is -1.46. The molecule has 124 valence electrons. The molecule has 1 aromatic rings. The van der Waals surface area contributed by atoms with Gasteiger partial charge in [0.15, 0.2) is 0 Å². The van der Waals surface area contributed by atoms with E-state index in [4.69, 9.17) is 4.74 Å². The van der Waals surface area contributed by atoms with Crippen molar-refractivity contribution in [1.82, 2.24) is 14.8 Å². The predicted molar refractivity (Wildman–Crippen MR) is 86.7 cm³/mol. The van der Waals surface area contributed by atoms with Crippen LogP contribution in [0.25, 0.3) is 0 Å². The van der Waals surface area contributed by atoms with E-state index in [1.807, 2.05) is 23.2 Å². The number of pyridine rings is 1. The lowest BCUT2D eigenvalue weighted by atomic mass is 9.71. The van der Waals surface area contributed by atoms with Crippen LogP contribution < -0.4 is 0 Å². The van der Waals surface area contributed by atoms with Crippen LogP contribution >= 0.6 is 0 Å². The number of nitrogens with zero attached hydrogens (tertiary/aromatic N) is 3. The zero-order valence-corrected chi connectivity index (χ0v) is 13.6. The number of rotatable bonds is 4. The van der Waals surface area contributed by atoms with Gasteiger partial charge in [0.05, 0.1) is 12.0 Å². The van der Waals surface area contributed by atoms with Gasteiger partial charge in [-0.15, -0.1) is 0 Å². The summed E-state index contributed by atoms with van der Waals surface area (Å²) < 4.78 is 5.47. The first-order valence-electron chi connectivity index (χ1n) is 8.74. The van der Waals surface area contributed by atoms with E-state index in [9.17, 15) is 4.79 Å². The maximum Gasteiger partial charge on any atom is 0.231 e. The maximum atomic E-state index is 12.7. The zero-order chi connectivity index (χ0) is 15.7. The van der Waals surface area contributed by atoms with Crippen molar-refractivity contribution in [3.8, 4) is 0 Å². The highest BCUT2D eigenvalue weighted by Crippen LogP contribution is 2.42. The third kappa shape index (κ3) is 3.00. The average Bonchev–Trinajstić information content (AvgIpc) is 3.10. The van der Waals surface area contributed by atoms with Gasteiger partial charge >= 0.3 is 0 Å². The molecule has 0 aliphatic carbocycles. The molecule has 1 amide bonds. The number of aromatic nitrogens is 1. The fourth-order valence-electron chi connectivity index (χ4n) is 4.22. The van der Waals surface area contributed by atoms with Crippen molar-refractivity contribution in [1.29, 1.82) is 0 Å². The van der Waals surface area contributed by atoms with E-state index in [1.165, 1.54) is 6.42 Å². The topological polar surface area (TPSA) is 45.7 Å². The molecule has 0 bridgehead atoms. The molecule has 5 heteroatoms. The molecular formula is C18H25N3O2. The Balaban J connectivity index is 1.28. The van der Waals surface area contributed by atoms with Crippen LogP contribution in [0.15, 0.2) is 24.5 Å². The fraction of sp³-hybridized carbons (Fsp3) is 0.667. The second-order valence-electron chi connectivity index (χ2n) is 7.33. The molecule has 3 aliphatic rings. The number of hydrogen-bond acceptors (Lipinski definition) is 4. The number of carbonyl (C=O) groups excluding carboxylic acids is 1. The molecular weight excluding hydrogens is 290 g/mol. The Bertz CT molecular complexity index is 549. The van der Waals surface area contributed by atoms with Crippen molar-refractivity contribution in [2.24, 2.45) is 11.3 Å². The van der Waals surface area contributed by atoms with Crippen molar-refractivity contribution in [3.05, 3.63) is 30.1 Å². The van der Waals surface area contributed by atoms with Crippen LogP contribution in [0.4, 0.5) is 0 Å². The largest absolute Gasteiger partial charge is 0.381 e. The van der Waals surface area contributed by atoms with E-state index < -0.39 is 0 Å². The first-order chi connectivity index (χ1) is 11.3. The van der Waals surface area contributed by atoms with Crippen LogP contribution in [0, 0.1) is 11.3 Å². The van der Waals surface area contributed by atoms with E-state index in [0.717, 1.165) is 57.8 Å². The third-order valence-corrected chi connectivity index (χ3v) is 5.68. The Morgan fingerprint density at radius 1 is 1.35 bits per heavy atom. The number of ether oxygens (including phenoxy) is 1. The van der Waals surface area contributed by atoms with Crippen LogP contribution in [0.3, 0.4) is 0 Å². The number of β-lactam (4-membered cyclic amide) rings is 1. The molecule has 3 fully saturated rings. The van der Waals surface area contributed by atoms with Crippen LogP contribution in [0.1, 0.15) is 24.8 Å². The lowest BCUT2D eigenvalue weighted by Crippen LogP contribution is -2.64. The first-order valence-corrected chi connectivity index (χ1v) is 8.74. The summed E-state index contributed by atoms with van der Waals surface area (Å²) in [6.07, 6.45) is 6.85. The summed E-state index contributed by atoms with van der Waals surface area (Å²) in [6.45, 7) is 6.72. The molecule has 0 N–H and O–H groups in total. The Morgan fingerprint density at radius 3 is 2.87 bits per heavy atom. The standard InChI is InChI=1S/C18H25N3O2/c22-17-18(14-21(17)12-15-2-1-6-19-10-15)4-7-20(8-5-18)11-16-3-9-23-13-16/h1-2,6,10,16H,3-5,7-9,11-14H2/t16-/m0/s1. The molecule has 1 atom stereocenters. The highest BCUT2D eigenvalue weighted by molar-refractivity contribution is 5.88. The SMILES string of the molecule is O=C1N(Cc2cccnc2)CC12CCN(C[C@@H]1CCOC1)CC2. The van der Waals surface area contributed by atoms with Crippen molar-refractivity contribution in [3.63, 3.8) is 0 Å². The van der Waals surface area contributed by atoms with Gasteiger partial charge in [0.2, 0.25) is 5.91 Å². The summed E-state index contributed by atoms with van der Waals surface area (Å²) >= 11 is 0. The third-order valence-electron chi connectivity index (χ3n) is 5.68. The average molecular weight is 315 g/mol. The Labute approximate surface area is 137 Å². The molecule has 4 rings (SSSR count). The molecule has 0 radical (unpaired) electrons. The van der Waals surface area contributed by atoms with E-state index in [1.54, 1.807) is 6.20 Å². The van der Waals surface area contributed by atoms with E-state index in [2.05, 4.69) is 9.88 Å². The van der Waals surface area contributed by atoms with Crippen molar-refractivity contribution < 1.29 is 9.53 Å². The van der Waals surface area contributed by atoms with Crippen molar-refractivity contribution in [2.45, 2.75) is 25.8 Å². The molecule has 3 saturated heterocycles. The van der Waals surface area contributed by atoms with Crippen LogP contribution in [0.5, 0.6) is 0 Å². The van der Waals surface area contributed by atoms with Gasteiger partial charge in [-0.2, -0.15) is 0 Å². The summed E-state index contributed by atoms with van der Waals surface area (Å²) in [4.78, 5) is 21.3. The number of hydrogen-bond donors (Lipinski definition) is 0. The normalized spacial score (nSPS) is 27.4. The molecule has 3 aliphatic heterocycles. The lowest BCUT2D eigenvalue weighted by Gasteiger charge is -2.52. The van der Waals surface area contributed by atoms with E-state index >= 15 is 0 Å². The predicted octanol–water partition coefficient (Wildman–Crippen LogP) is 1.54. The molecule has 0 aromatic carbocycles. The molecule has 23 heavy (non-hydrogen) atoms. The molecule has 1 spiro atoms. The van der Waals surface area contributed by atoms with Gasteiger partial charge in [0.25, 0.3) is 0 Å². The number of likely N-dealkylation sites (tertiary alicyclic amines) is 2. The van der Waals surface area contributed by atoms with Gasteiger partial charge < -0.3 is 14.5 Å². The van der Waals surface area contributed by atoms with Gasteiger partial charge in [-0.1, -0.05) is 6.07 Å². The Kier molecular flexibility index (Phi) is 4.07. The number of carbonyl (C=O) groups is 1. The summed E-state index contributed by atoms with van der Waals surface area (Å²) in [5.41, 5.74) is 1.06. The highest BCUT2D eigenvalue weighted by atomic mass is 16.5. The lowest BCUT2D eigenvalue weighted by molar-refractivity contribution is -0.166. The summed E-state index contributed by atoms with van der Waals surface area (Å²) in [7, 11) is 0. The van der Waals surface area contributed by atoms with Gasteiger partial charge in [0.1, 0.15) is 0 Å². The number of amides is 1. The van der Waals surface area contributed by atoms with Gasteiger partial charge in [-0.25, -0.2) is 0 Å². The fourth-order valence-corrected chi connectivity index (χ4v) is 4.22. The van der Waals surface area contributed by atoms with Crippen LogP contribution in [-0.2, 0) is 16.1 Å². The molecule has 0 unspecified atom stereocenters. The second-order valence-corrected chi connectivity index (χ2v) is 7.33.